The Bertz CT molecular complexity index is 617. The number of carbonyl (C=O) groups excluding carboxylic acids is 1. The van der Waals surface area contributed by atoms with Crippen LogP contribution in [0.4, 0.5) is 0 Å². The lowest BCUT2D eigenvalue weighted by molar-refractivity contribution is -0.119. The van der Waals surface area contributed by atoms with Gasteiger partial charge in [-0.05, 0) is 36.1 Å². The first kappa shape index (κ1) is 20.5. The molecule has 3 nitrogen and oxygen atoms in total. The van der Waals surface area contributed by atoms with Gasteiger partial charge in [0.1, 0.15) is 28.8 Å². The smallest absolute Gasteiger partial charge is 0.134 e. The molecule has 0 radical (unpaired) electrons. The summed E-state index contributed by atoms with van der Waals surface area (Å²) >= 11 is 0. The number of rotatable bonds is 10. The van der Waals surface area contributed by atoms with Gasteiger partial charge in [-0.2, -0.15) is 0 Å². The van der Waals surface area contributed by atoms with E-state index in [0.717, 1.165) is 48.7 Å². The van der Waals surface area contributed by atoms with Crippen LogP contribution in [0.5, 0.6) is 0 Å². The molecule has 0 bridgehead atoms. The number of hydrogen-bond acceptors (Lipinski definition) is 3. The van der Waals surface area contributed by atoms with Gasteiger partial charge in [-0.3, -0.25) is 4.79 Å². The van der Waals surface area contributed by atoms with Crippen molar-refractivity contribution in [3.8, 4) is 0 Å². The molecule has 0 saturated carbocycles. The van der Waals surface area contributed by atoms with E-state index >= 15 is 0 Å². The monoisotopic (exact) mass is 358 g/mol. The second-order valence-corrected chi connectivity index (χ2v) is 7.36. The van der Waals surface area contributed by atoms with Crippen molar-refractivity contribution >= 4 is 5.78 Å². The van der Waals surface area contributed by atoms with Gasteiger partial charge in [0.25, 0.3) is 0 Å². The Hall–Kier alpha value is -1.77. The molecule has 0 fully saturated rings. The predicted octanol–water partition coefficient (Wildman–Crippen LogP) is 6.38. The molecule has 0 aromatic carbocycles. The summed E-state index contributed by atoms with van der Waals surface area (Å²) in [5.41, 5.74) is 2.54. The second kappa shape index (κ2) is 9.25. The normalized spacial score (nSPS) is 13.8. The first-order valence-electron chi connectivity index (χ1n) is 10.2. The van der Waals surface area contributed by atoms with E-state index in [1.807, 2.05) is 0 Å². The molecule has 2 unspecified atom stereocenters. The van der Waals surface area contributed by atoms with Crippen LogP contribution in [0.3, 0.4) is 0 Å². The highest BCUT2D eigenvalue weighted by Gasteiger charge is 2.21. The summed E-state index contributed by atoms with van der Waals surface area (Å²) in [6.07, 6.45) is 4.79. The summed E-state index contributed by atoms with van der Waals surface area (Å²) in [6, 6.07) is 4.27. The third-order valence-electron chi connectivity index (χ3n) is 5.27. The molecule has 0 aliphatic carbocycles. The molecule has 0 saturated heterocycles. The standard InChI is InChI=1S/C23H34O3/c1-7-17-13-22(25-20(17)9-3)15(5)11-19(24)12-16(6)23-14-18(8-2)21(10-4)26-23/h13-16H,7-12H2,1-6H3. The fourth-order valence-electron chi connectivity index (χ4n) is 3.63. The Kier molecular flexibility index (Phi) is 7.31. The number of furan rings is 2. The van der Waals surface area contributed by atoms with Gasteiger partial charge < -0.3 is 8.83 Å². The minimum atomic E-state index is 0.120. The average molecular weight is 359 g/mol. The van der Waals surface area contributed by atoms with Crippen LogP contribution in [-0.4, -0.2) is 5.78 Å². The van der Waals surface area contributed by atoms with E-state index in [1.165, 1.54) is 11.1 Å². The van der Waals surface area contributed by atoms with Gasteiger partial charge >= 0.3 is 0 Å². The van der Waals surface area contributed by atoms with Crippen LogP contribution < -0.4 is 0 Å². The summed E-state index contributed by atoms with van der Waals surface area (Å²) in [5, 5.41) is 0. The zero-order valence-electron chi connectivity index (χ0n) is 17.3. The van der Waals surface area contributed by atoms with E-state index in [0.29, 0.717) is 12.8 Å². The van der Waals surface area contributed by atoms with Gasteiger partial charge in [-0.15, -0.1) is 0 Å². The fraction of sp³-hybridized carbons (Fsp3) is 0.609. The third-order valence-corrected chi connectivity index (χ3v) is 5.27. The number of hydrogen-bond donors (Lipinski definition) is 0. The van der Waals surface area contributed by atoms with Crippen LogP contribution in [0.25, 0.3) is 0 Å². The van der Waals surface area contributed by atoms with Crippen LogP contribution in [0.15, 0.2) is 21.0 Å². The van der Waals surface area contributed by atoms with Crippen molar-refractivity contribution in [1.82, 2.24) is 0 Å². The van der Waals surface area contributed by atoms with Crippen molar-refractivity contribution in [2.45, 2.75) is 91.9 Å². The highest BCUT2D eigenvalue weighted by Crippen LogP contribution is 2.30. The molecule has 0 aliphatic rings. The lowest BCUT2D eigenvalue weighted by atomic mass is 9.94. The van der Waals surface area contributed by atoms with Gasteiger partial charge in [-0.25, -0.2) is 0 Å². The number of Topliss-reactive ketones (excluding diaryl/α,β-unsaturated/α-hetero) is 1. The molecule has 0 aliphatic heterocycles. The van der Waals surface area contributed by atoms with Crippen LogP contribution in [0.2, 0.25) is 0 Å². The van der Waals surface area contributed by atoms with Crippen molar-refractivity contribution in [1.29, 1.82) is 0 Å². The van der Waals surface area contributed by atoms with E-state index in [2.05, 4.69) is 53.7 Å². The molecule has 0 N–H and O–H groups in total. The maximum Gasteiger partial charge on any atom is 0.134 e. The van der Waals surface area contributed by atoms with Gasteiger partial charge in [0.15, 0.2) is 0 Å². The van der Waals surface area contributed by atoms with Crippen LogP contribution in [0.1, 0.15) is 100 Å². The van der Waals surface area contributed by atoms with E-state index in [9.17, 15) is 4.79 Å². The molecular formula is C23H34O3. The fourth-order valence-corrected chi connectivity index (χ4v) is 3.63. The maximum atomic E-state index is 12.6. The van der Waals surface area contributed by atoms with E-state index in [4.69, 9.17) is 8.83 Å². The van der Waals surface area contributed by atoms with Gasteiger partial charge in [0.05, 0.1) is 0 Å². The van der Waals surface area contributed by atoms with Gasteiger partial charge in [0, 0.05) is 37.5 Å². The number of carbonyl (C=O) groups is 1. The largest absolute Gasteiger partial charge is 0.466 e. The van der Waals surface area contributed by atoms with Gasteiger partial charge in [-0.1, -0.05) is 41.5 Å². The summed E-state index contributed by atoms with van der Waals surface area (Å²) in [4.78, 5) is 12.6. The van der Waals surface area contributed by atoms with Crippen molar-refractivity contribution in [3.05, 3.63) is 46.3 Å². The summed E-state index contributed by atoms with van der Waals surface area (Å²) in [7, 11) is 0. The highest BCUT2D eigenvalue weighted by molar-refractivity contribution is 5.79. The number of aryl methyl sites for hydroxylation is 4. The second-order valence-electron chi connectivity index (χ2n) is 7.36. The van der Waals surface area contributed by atoms with Crippen molar-refractivity contribution in [3.63, 3.8) is 0 Å². The Morgan fingerprint density at radius 2 is 1.15 bits per heavy atom. The third kappa shape index (κ3) is 4.69. The minimum absolute atomic E-state index is 0.120. The minimum Gasteiger partial charge on any atom is -0.466 e. The highest BCUT2D eigenvalue weighted by atomic mass is 16.3. The molecule has 2 aromatic heterocycles. The predicted molar refractivity (Wildman–Crippen MR) is 106 cm³/mol. The van der Waals surface area contributed by atoms with Crippen LogP contribution in [0, 0.1) is 0 Å². The summed E-state index contributed by atoms with van der Waals surface area (Å²) in [5.74, 6) is 4.52. The van der Waals surface area contributed by atoms with Crippen LogP contribution in [-0.2, 0) is 30.5 Å². The van der Waals surface area contributed by atoms with Crippen molar-refractivity contribution in [2.24, 2.45) is 0 Å². The van der Waals surface area contributed by atoms with E-state index in [1.54, 1.807) is 0 Å². The molecular weight excluding hydrogens is 324 g/mol. The molecule has 2 heterocycles. The summed E-state index contributed by atoms with van der Waals surface area (Å²) < 4.78 is 12.0. The molecule has 2 atom stereocenters. The SMILES string of the molecule is CCc1cc(C(C)CC(=O)CC(C)c2cc(CC)c(CC)o2)oc1CC. The van der Waals surface area contributed by atoms with Gasteiger partial charge in [0.2, 0.25) is 0 Å². The Labute approximate surface area is 158 Å². The zero-order chi connectivity index (χ0) is 19.3. The topological polar surface area (TPSA) is 43.4 Å². The van der Waals surface area contributed by atoms with Crippen LogP contribution >= 0.6 is 0 Å². The average Bonchev–Trinajstić information content (AvgIpc) is 3.24. The lowest BCUT2D eigenvalue weighted by Gasteiger charge is -2.11. The first-order valence-corrected chi connectivity index (χ1v) is 10.2. The number of ketones is 1. The summed E-state index contributed by atoms with van der Waals surface area (Å²) in [6.45, 7) is 12.7. The molecule has 2 aromatic rings. The van der Waals surface area contributed by atoms with E-state index < -0.39 is 0 Å². The Balaban J connectivity index is 1.99. The van der Waals surface area contributed by atoms with Crippen molar-refractivity contribution < 1.29 is 13.6 Å². The Morgan fingerprint density at radius 1 is 0.769 bits per heavy atom. The van der Waals surface area contributed by atoms with E-state index in [-0.39, 0.29) is 17.6 Å². The molecule has 144 valence electrons. The Morgan fingerprint density at radius 3 is 1.42 bits per heavy atom. The maximum absolute atomic E-state index is 12.6. The quantitative estimate of drug-likeness (QED) is 0.495. The molecule has 0 spiro atoms. The first-order chi connectivity index (χ1) is 12.4. The molecule has 0 amide bonds. The van der Waals surface area contributed by atoms with Crippen molar-refractivity contribution in [2.75, 3.05) is 0 Å². The molecule has 2 rings (SSSR count). The molecule has 26 heavy (non-hydrogen) atoms. The molecule has 3 heteroatoms. The zero-order valence-corrected chi connectivity index (χ0v) is 17.3. The lowest BCUT2D eigenvalue weighted by Crippen LogP contribution is -2.07.